The summed E-state index contributed by atoms with van der Waals surface area (Å²) < 4.78 is 0. The molecule has 1 aliphatic heterocycles. The summed E-state index contributed by atoms with van der Waals surface area (Å²) in [6, 6.07) is -1.46. The molecule has 1 rings (SSSR count). The van der Waals surface area contributed by atoms with Gasteiger partial charge in [0.1, 0.15) is 6.04 Å². The first kappa shape index (κ1) is 17.3. The molecule has 120 valence electrons. The Kier molecular flexibility index (Phi) is 6.98. The molecule has 0 radical (unpaired) electrons. The molecule has 0 aromatic carbocycles. The number of amides is 3. The molecule has 3 amide bonds. The van der Waals surface area contributed by atoms with E-state index in [1.165, 1.54) is 0 Å². The normalized spacial score (nSPS) is 17.1. The van der Waals surface area contributed by atoms with Gasteiger partial charge in [-0.25, -0.2) is 9.59 Å². The maximum Gasteiger partial charge on any atom is 0.326 e. The highest BCUT2D eigenvalue weighted by Gasteiger charge is 2.25. The Morgan fingerprint density at radius 3 is 2.38 bits per heavy atom. The number of likely N-dealkylation sites (tertiary alicyclic amines) is 1. The number of hydrogen-bond donors (Lipinski definition) is 3. The molecule has 7 nitrogen and oxygen atoms in total. The third kappa shape index (κ3) is 5.61. The molecule has 1 aliphatic rings. The molecule has 2 atom stereocenters. The maximum absolute atomic E-state index is 11.8. The van der Waals surface area contributed by atoms with E-state index in [0.29, 0.717) is 6.42 Å². The van der Waals surface area contributed by atoms with Crippen LogP contribution in [0.25, 0.3) is 0 Å². The van der Waals surface area contributed by atoms with Crippen LogP contribution in [-0.4, -0.2) is 53.6 Å². The van der Waals surface area contributed by atoms with Crippen molar-refractivity contribution in [2.45, 2.75) is 45.6 Å². The largest absolute Gasteiger partial charge is 0.480 e. The second kappa shape index (κ2) is 8.49. The molecule has 21 heavy (non-hydrogen) atoms. The van der Waals surface area contributed by atoms with Gasteiger partial charge in [-0.15, -0.1) is 0 Å². The minimum Gasteiger partial charge on any atom is -0.480 e. The second-order valence-electron chi connectivity index (χ2n) is 5.44. The smallest absolute Gasteiger partial charge is 0.326 e. The van der Waals surface area contributed by atoms with Crippen molar-refractivity contribution in [3.8, 4) is 0 Å². The van der Waals surface area contributed by atoms with Crippen molar-refractivity contribution in [3.63, 3.8) is 0 Å². The summed E-state index contributed by atoms with van der Waals surface area (Å²) in [6.07, 6.45) is 2.98. The van der Waals surface area contributed by atoms with Crippen molar-refractivity contribution >= 4 is 17.9 Å². The van der Waals surface area contributed by atoms with E-state index < -0.39 is 18.0 Å². The maximum atomic E-state index is 11.8. The fourth-order valence-electron chi connectivity index (χ4n) is 2.28. The summed E-state index contributed by atoms with van der Waals surface area (Å²) in [5, 5.41) is 14.1. The molecule has 0 aromatic rings. The van der Waals surface area contributed by atoms with Gasteiger partial charge in [-0.05, 0) is 18.8 Å². The van der Waals surface area contributed by atoms with Crippen LogP contribution in [0, 0.1) is 5.92 Å². The molecule has 1 saturated heterocycles. The van der Waals surface area contributed by atoms with Crippen molar-refractivity contribution in [2.75, 3.05) is 19.6 Å². The van der Waals surface area contributed by atoms with Crippen LogP contribution < -0.4 is 10.6 Å². The topological polar surface area (TPSA) is 98.7 Å². The highest BCUT2D eigenvalue weighted by molar-refractivity contribution is 5.83. The van der Waals surface area contributed by atoms with Gasteiger partial charge < -0.3 is 20.6 Å². The Morgan fingerprint density at radius 2 is 1.86 bits per heavy atom. The summed E-state index contributed by atoms with van der Waals surface area (Å²) in [6.45, 7) is 5.44. The fraction of sp³-hybridized carbons (Fsp3) is 0.786. The predicted octanol–water partition coefficient (Wildman–Crippen LogP) is 0.797. The minimum absolute atomic E-state index is 0.0320. The third-order valence-electron chi connectivity index (χ3n) is 3.85. The molecule has 1 fully saturated rings. The second-order valence-corrected chi connectivity index (χ2v) is 5.44. The standard InChI is InChI=1S/C14H25N3O4/c1-3-10(2)12(13(19)20)16-14(21)15-7-6-11(18)17-8-4-5-9-17/h10,12H,3-9H2,1-2H3,(H,19,20)(H2,15,16,21)/t10?,12-/m0/s1. The van der Waals surface area contributed by atoms with Crippen molar-refractivity contribution in [1.82, 2.24) is 15.5 Å². The summed E-state index contributed by atoms with van der Waals surface area (Å²) in [4.78, 5) is 36.3. The lowest BCUT2D eigenvalue weighted by Gasteiger charge is -2.20. The van der Waals surface area contributed by atoms with E-state index in [1.807, 2.05) is 6.92 Å². The lowest BCUT2D eigenvalue weighted by Crippen LogP contribution is -2.49. The average Bonchev–Trinajstić information content (AvgIpc) is 2.97. The van der Waals surface area contributed by atoms with Gasteiger partial charge in [0.2, 0.25) is 5.91 Å². The lowest BCUT2D eigenvalue weighted by molar-refractivity contribution is -0.140. The fourth-order valence-corrected chi connectivity index (χ4v) is 2.28. The van der Waals surface area contributed by atoms with E-state index in [1.54, 1.807) is 11.8 Å². The lowest BCUT2D eigenvalue weighted by atomic mass is 9.99. The molecular weight excluding hydrogens is 274 g/mol. The average molecular weight is 299 g/mol. The zero-order valence-corrected chi connectivity index (χ0v) is 12.7. The molecule has 0 saturated carbocycles. The highest BCUT2D eigenvalue weighted by Crippen LogP contribution is 2.09. The summed E-state index contributed by atoms with van der Waals surface area (Å²) in [5.74, 6) is -1.17. The van der Waals surface area contributed by atoms with Gasteiger partial charge >= 0.3 is 12.0 Å². The van der Waals surface area contributed by atoms with Gasteiger partial charge in [-0.1, -0.05) is 20.3 Å². The van der Waals surface area contributed by atoms with Crippen LogP contribution in [-0.2, 0) is 9.59 Å². The Labute approximate surface area is 125 Å². The number of aliphatic carboxylic acids is 1. The number of hydrogen-bond acceptors (Lipinski definition) is 3. The third-order valence-corrected chi connectivity index (χ3v) is 3.85. The van der Waals surface area contributed by atoms with Crippen LogP contribution in [0.5, 0.6) is 0 Å². The van der Waals surface area contributed by atoms with Gasteiger partial charge in [0, 0.05) is 26.1 Å². The number of urea groups is 1. The Hall–Kier alpha value is -1.79. The van der Waals surface area contributed by atoms with Gasteiger partial charge in [-0.2, -0.15) is 0 Å². The van der Waals surface area contributed by atoms with Gasteiger partial charge in [0.15, 0.2) is 0 Å². The number of carbonyl (C=O) groups is 3. The quantitative estimate of drug-likeness (QED) is 0.647. The first-order valence-electron chi connectivity index (χ1n) is 7.50. The van der Waals surface area contributed by atoms with E-state index in [0.717, 1.165) is 25.9 Å². The zero-order valence-electron chi connectivity index (χ0n) is 12.7. The predicted molar refractivity (Wildman–Crippen MR) is 77.8 cm³/mol. The monoisotopic (exact) mass is 299 g/mol. The minimum atomic E-state index is -1.05. The summed E-state index contributed by atoms with van der Waals surface area (Å²) in [5.41, 5.74) is 0. The number of nitrogens with one attached hydrogen (secondary N) is 2. The molecule has 0 aromatic heterocycles. The van der Waals surface area contributed by atoms with E-state index >= 15 is 0 Å². The summed E-state index contributed by atoms with van der Waals surface area (Å²) >= 11 is 0. The van der Waals surface area contributed by atoms with Crippen molar-refractivity contribution in [2.24, 2.45) is 5.92 Å². The molecule has 1 heterocycles. The van der Waals surface area contributed by atoms with Gasteiger partial charge in [-0.3, -0.25) is 4.79 Å². The van der Waals surface area contributed by atoms with Crippen LogP contribution in [0.4, 0.5) is 4.79 Å². The van der Waals surface area contributed by atoms with E-state index in [9.17, 15) is 14.4 Å². The van der Waals surface area contributed by atoms with Crippen molar-refractivity contribution in [3.05, 3.63) is 0 Å². The van der Waals surface area contributed by atoms with E-state index in [2.05, 4.69) is 10.6 Å². The molecule has 0 bridgehead atoms. The Balaban J connectivity index is 2.29. The van der Waals surface area contributed by atoms with Crippen LogP contribution in [0.1, 0.15) is 39.5 Å². The molecular formula is C14H25N3O4. The number of carboxylic acid groups (broad SMARTS) is 1. The number of carbonyl (C=O) groups excluding carboxylic acids is 2. The first-order chi connectivity index (χ1) is 9.95. The molecule has 1 unspecified atom stereocenters. The van der Waals surface area contributed by atoms with Crippen molar-refractivity contribution < 1.29 is 19.5 Å². The molecule has 3 N–H and O–H groups in total. The molecule has 0 spiro atoms. The molecule has 7 heteroatoms. The van der Waals surface area contributed by atoms with Crippen molar-refractivity contribution in [1.29, 1.82) is 0 Å². The summed E-state index contributed by atoms with van der Waals surface area (Å²) in [7, 11) is 0. The number of carboxylic acids is 1. The number of rotatable bonds is 7. The van der Waals surface area contributed by atoms with E-state index in [-0.39, 0.29) is 24.8 Å². The van der Waals surface area contributed by atoms with Crippen LogP contribution >= 0.6 is 0 Å². The van der Waals surface area contributed by atoms with Crippen LogP contribution in [0.2, 0.25) is 0 Å². The first-order valence-corrected chi connectivity index (χ1v) is 7.50. The molecule has 0 aliphatic carbocycles. The van der Waals surface area contributed by atoms with Gasteiger partial charge in [0.05, 0.1) is 0 Å². The van der Waals surface area contributed by atoms with Crippen LogP contribution in [0.3, 0.4) is 0 Å². The number of nitrogens with zero attached hydrogens (tertiary/aromatic N) is 1. The zero-order chi connectivity index (χ0) is 15.8. The van der Waals surface area contributed by atoms with E-state index in [4.69, 9.17) is 5.11 Å². The Bertz CT molecular complexity index is 380. The van der Waals surface area contributed by atoms with Crippen LogP contribution in [0.15, 0.2) is 0 Å². The SMILES string of the molecule is CCC(C)[C@H](NC(=O)NCCC(=O)N1CCCC1)C(=O)O. The highest BCUT2D eigenvalue weighted by atomic mass is 16.4. The Morgan fingerprint density at radius 1 is 1.24 bits per heavy atom. The van der Waals surface area contributed by atoms with Gasteiger partial charge in [0.25, 0.3) is 0 Å².